The van der Waals surface area contributed by atoms with Gasteiger partial charge in [0.25, 0.3) is 5.91 Å². The standard InChI is InChI=1S/C25H34ClN5O6S/c1-24(2,3)37-23(34)27-15-20(32)30-11-5-6-17(16-30)21-28-22(33)25(29-21)9-12-31(13-10-25)38(35,36)19-8-4-7-18(26)14-19/h4,7-8,14,17H,5-6,9-13,15-16H2,1-3H3,(H,27,34)(H,28,29,33). The van der Waals surface area contributed by atoms with Crippen molar-refractivity contribution in [2.24, 2.45) is 10.9 Å². The number of benzene rings is 1. The summed E-state index contributed by atoms with van der Waals surface area (Å²) in [5, 5.41) is 5.74. The minimum absolute atomic E-state index is 0.120. The highest BCUT2D eigenvalue weighted by molar-refractivity contribution is 7.89. The largest absolute Gasteiger partial charge is 0.444 e. The number of rotatable bonds is 5. The summed E-state index contributed by atoms with van der Waals surface area (Å²) in [6, 6.07) is 6.12. The number of likely N-dealkylation sites (tertiary alicyclic amines) is 1. The monoisotopic (exact) mass is 567 g/mol. The number of amides is 3. The van der Waals surface area contributed by atoms with Crippen LogP contribution in [0.4, 0.5) is 4.79 Å². The van der Waals surface area contributed by atoms with Gasteiger partial charge >= 0.3 is 6.09 Å². The first-order valence-electron chi connectivity index (χ1n) is 12.7. The second-order valence-electron chi connectivity index (χ2n) is 10.9. The second kappa shape index (κ2) is 10.8. The fourth-order valence-electron chi connectivity index (χ4n) is 4.95. The summed E-state index contributed by atoms with van der Waals surface area (Å²) < 4.78 is 32.7. The van der Waals surface area contributed by atoms with Gasteiger partial charge in [0, 0.05) is 37.1 Å². The Morgan fingerprint density at radius 2 is 1.95 bits per heavy atom. The van der Waals surface area contributed by atoms with Gasteiger partial charge in [0.05, 0.1) is 4.90 Å². The highest BCUT2D eigenvalue weighted by Crippen LogP contribution is 2.34. The van der Waals surface area contributed by atoms with Crippen molar-refractivity contribution in [3.63, 3.8) is 0 Å². The number of aliphatic imine (C=N–C) groups is 1. The molecule has 0 bridgehead atoms. The number of hydrogen-bond acceptors (Lipinski definition) is 7. The van der Waals surface area contributed by atoms with Crippen molar-refractivity contribution in [3.8, 4) is 0 Å². The number of nitrogens with one attached hydrogen (secondary N) is 2. The third-order valence-electron chi connectivity index (χ3n) is 6.93. The summed E-state index contributed by atoms with van der Waals surface area (Å²) in [5.41, 5.74) is -1.67. The van der Waals surface area contributed by atoms with Crippen LogP contribution in [0, 0.1) is 5.92 Å². The Morgan fingerprint density at radius 1 is 1.24 bits per heavy atom. The molecule has 1 atom stereocenters. The lowest BCUT2D eigenvalue weighted by Gasteiger charge is -2.35. The van der Waals surface area contributed by atoms with Gasteiger partial charge in [-0.05, 0) is 64.7 Å². The Bertz CT molecular complexity index is 1240. The average Bonchev–Trinajstić information content (AvgIpc) is 3.17. The van der Waals surface area contributed by atoms with Gasteiger partial charge in [-0.3, -0.25) is 14.6 Å². The molecular formula is C25H34ClN5O6S. The molecule has 1 spiro atoms. The third kappa shape index (κ3) is 6.29. The van der Waals surface area contributed by atoms with Crippen LogP contribution >= 0.6 is 11.6 Å². The molecule has 3 aliphatic rings. The summed E-state index contributed by atoms with van der Waals surface area (Å²) in [6.45, 7) is 6.29. The highest BCUT2D eigenvalue weighted by Gasteiger charge is 2.49. The third-order valence-corrected chi connectivity index (χ3v) is 9.06. The molecule has 1 aromatic carbocycles. The molecule has 0 radical (unpaired) electrons. The van der Waals surface area contributed by atoms with Crippen molar-refractivity contribution in [2.75, 3.05) is 32.7 Å². The molecule has 3 amide bonds. The number of hydrogen-bond donors (Lipinski definition) is 2. The Kier molecular flexibility index (Phi) is 8.06. The molecule has 2 saturated heterocycles. The van der Waals surface area contributed by atoms with Crippen LogP contribution < -0.4 is 10.6 Å². The molecule has 1 aromatic rings. The van der Waals surface area contributed by atoms with Gasteiger partial charge in [-0.15, -0.1) is 0 Å². The van der Waals surface area contributed by atoms with Gasteiger partial charge in [-0.2, -0.15) is 4.31 Å². The van der Waals surface area contributed by atoms with Crippen molar-refractivity contribution >= 4 is 45.4 Å². The lowest BCUT2D eigenvalue weighted by Crippen LogP contribution is -2.51. The molecule has 13 heteroatoms. The van der Waals surface area contributed by atoms with Crippen LogP contribution in [0.3, 0.4) is 0 Å². The normalized spacial score (nSPS) is 22.1. The summed E-state index contributed by atoms with van der Waals surface area (Å²) >= 11 is 5.98. The number of nitrogens with zero attached hydrogens (tertiary/aromatic N) is 3. The van der Waals surface area contributed by atoms with Crippen LogP contribution in [0.25, 0.3) is 0 Å². The van der Waals surface area contributed by atoms with Gasteiger partial charge in [0.2, 0.25) is 15.9 Å². The number of carbonyl (C=O) groups excluding carboxylic acids is 3. The molecule has 0 saturated carbocycles. The van der Waals surface area contributed by atoms with E-state index in [2.05, 4.69) is 10.6 Å². The predicted octanol–water partition coefficient (Wildman–Crippen LogP) is 2.15. The van der Waals surface area contributed by atoms with Gasteiger partial charge in [0.15, 0.2) is 0 Å². The Hall–Kier alpha value is -2.70. The van der Waals surface area contributed by atoms with Crippen LogP contribution in [0.1, 0.15) is 46.5 Å². The molecule has 208 valence electrons. The Balaban J connectivity index is 1.36. The molecule has 3 aliphatic heterocycles. The summed E-state index contributed by atoms with van der Waals surface area (Å²) in [4.78, 5) is 44.2. The van der Waals surface area contributed by atoms with E-state index in [9.17, 15) is 22.8 Å². The fourth-order valence-corrected chi connectivity index (χ4v) is 6.69. The van der Waals surface area contributed by atoms with Crippen LogP contribution in [-0.4, -0.2) is 85.2 Å². The van der Waals surface area contributed by atoms with E-state index < -0.39 is 27.3 Å². The number of sulfonamides is 1. The Morgan fingerprint density at radius 3 is 2.61 bits per heavy atom. The van der Waals surface area contributed by atoms with Crippen LogP contribution in [0.2, 0.25) is 5.02 Å². The second-order valence-corrected chi connectivity index (χ2v) is 13.3. The van der Waals surface area contributed by atoms with E-state index in [-0.39, 0.29) is 55.1 Å². The molecule has 3 heterocycles. The summed E-state index contributed by atoms with van der Waals surface area (Å²) in [5.74, 6) is -0.0772. The molecule has 0 aromatic heterocycles. The van der Waals surface area contributed by atoms with E-state index in [0.717, 1.165) is 12.8 Å². The van der Waals surface area contributed by atoms with Crippen molar-refractivity contribution in [1.82, 2.24) is 19.8 Å². The van der Waals surface area contributed by atoms with Crippen LogP contribution in [0.15, 0.2) is 34.2 Å². The van der Waals surface area contributed by atoms with E-state index in [1.54, 1.807) is 37.8 Å². The fraction of sp³-hybridized carbons (Fsp3) is 0.600. The smallest absolute Gasteiger partial charge is 0.408 e. The molecule has 2 fully saturated rings. The zero-order chi connectivity index (χ0) is 27.7. The Labute approximate surface area is 228 Å². The van der Waals surface area contributed by atoms with E-state index in [0.29, 0.717) is 23.9 Å². The molecule has 2 N–H and O–H groups in total. The summed E-state index contributed by atoms with van der Waals surface area (Å²) in [6.07, 6.45) is 1.36. The first-order valence-corrected chi connectivity index (χ1v) is 14.5. The van der Waals surface area contributed by atoms with Gasteiger partial charge in [-0.25, -0.2) is 13.2 Å². The van der Waals surface area contributed by atoms with Crippen LogP contribution in [0.5, 0.6) is 0 Å². The molecule has 11 nitrogen and oxygen atoms in total. The van der Waals surface area contributed by atoms with Gasteiger partial charge in [0.1, 0.15) is 23.5 Å². The van der Waals surface area contributed by atoms with E-state index in [1.807, 2.05) is 0 Å². The number of ether oxygens (including phenoxy) is 1. The maximum Gasteiger partial charge on any atom is 0.408 e. The van der Waals surface area contributed by atoms with E-state index in [1.165, 1.54) is 16.4 Å². The van der Waals surface area contributed by atoms with E-state index >= 15 is 0 Å². The number of piperidine rings is 2. The topological polar surface area (TPSA) is 137 Å². The number of halogens is 1. The zero-order valence-corrected chi connectivity index (χ0v) is 23.4. The minimum Gasteiger partial charge on any atom is -0.444 e. The van der Waals surface area contributed by atoms with Crippen molar-refractivity contribution in [1.29, 1.82) is 0 Å². The molecule has 4 rings (SSSR count). The SMILES string of the molecule is CC(C)(C)OC(=O)NCC(=O)N1CCCC(C2=NC3(CCN(S(=O)(=O)c4cccc(Cl)c4)CC3)C(=O)N2)C1. The van der Waals surface area contributed by atoms with Gasteiger partial charge < -0.3 is 20.3 Å². The molecule has 0 aliphatic carbocycles. The van der Waals surface area contributed by atoms with E-state index in [4.69, 9.17) is 21.3 Å². The van der Waals surface area contributed by atoms with Crippen molar-refractivity contribution in [3.05, 3.63) is 29.3 Å². The maximum absolute atomic E-state index is 13.1. The molecule has 38 heavy (non-hydrogen) atoms. The van der Waals surface area contributed by atoms with Crippen LogP contribution in [-0.2, 0) is 24.3 Å². The quantitative estimate of drug-likeness (QED) is 0.559. The lowest BCUT2D eigenvalue weighted by molar-refractivity contribution is -0.131. The zero-order valence-electron chi connectivity index (χ0n) is 21.8. The summed E-state index contributed by atoms with van der Waals surface area (Å²) in [7, 11) is -3.74. The molecular weight excluding hydrogens is 534 g/mol. The first kappa shape index (κ1) is 28.3. The van der Waals surface area contributed by atoms with Gasteiger partial charge in [-0.1, -0.05) is 17.7 Å². The van der Waals surface area contributed by atoms with Crippen molar-refractivity contribution < 1.29 is 27.5 Å². The lowest BCUT2D eigenvalue weighted by atomic mass is 9.89. The highest BCUT2D eigenvalue weighted by atomic mass is 35.5. The predicted molar refractivity (Wildman–Crippen MR) is 141 cm³/mol. The minimum atomic E-state index is -3.74. The molecule has 1 unspecified atom stereocenters. The number of carbonyl (C=O) groups is 3. The van der Waals surface area contributed by atoms with Crippen molar-refractivity contribution in [2.45, 2.75) is 62.5 Å². The number of alkyl carbamates (subject to hydrolysis) is 1. The maximum atomic E-state index is 13.1. The first-order chi connectivity index (χ1) is 17.8. The average molecular weight is 568 g/mol. The number of amidine groups is 1.